The van der Waals surface area contributed by atoms with Crippen LogP contribution in [0.4, 0.5) is 17.6 Å². The molecule has 0 radical (unpaired) electrons. The SMILES string of the molecule is Cc1cccc(C)c1-n1cc(-c2[c-]cccc2)nc1N(c1ccccc1)c1nc(-c2[c-]cccc2)cn1-c1c(C)cccc1C(C)C.[Pt+2]. The zero-order chi connectivity index (χ0) is 32.5. The Labute approximate surface area is 297 Å². The number of rotatable bonds is 8. The van der Waals surface area contributed by atoms with Crippen molar-refractivity contribution < 1.29 is 21.1 Å². The Morgan fingerprint density at radius 3 is 1.54 bits per heavy atom. The molecule has 5 nitrogen and oxygen atoms in total. The predicted octanol–water partition coefficient (Wildman–Crippen LogP) is 10.5. The van der Waals surface area contributed by atoms with E-state index in [0.29, 0.717) is 5.92 Å². The first kappa shape index (κ1) is 32.9. The summed E-state index contributed by atoms with van der Waals surface area (Å²) in [6.45, 7) is 11.0. The maximum absolute atomic E-state index is 5.41. The van der Waals surface area contributed by atoms with Crippen molar-refractivity contribution in [2.24, 2.45) is 0 Å². The second kappa shape index (κ2) is 14.0. The quantitative estimate of drug-likeness (QED) is 0.144. The zero-order valence-corrected chi connectivity index (χ0v) is 30.0. The van der Waals surface area contributed by atoms with E-state index < -0.39 is 0 Å². The number of benzene rings is 5. The molecule has 0 N–H and O–H groups in total. The minimum absolute atomic E-state index is 0. The molecule has 0 aliphatic heterocycles. The largest absolute Gasteiger partial charge is 2.00 e. The summed E-state index contributed by atoms with van der Waals surface area (Å²) in [6.07, 6.45) is 4.27. The molecule has 0 fully saturated rings. The van der Waals surface area contributed by atoms with Crippen LogP contribution in [0.2, 0.25) is 0 Å². The Bertz CT molecular complexity index is 2130. The third kappa shape index (κ3) is 6.19. The molecule has 0 spiro atoms. The zero-order valence-electron chi connectivity index (χ0n) is 27.8. The average molecular weight is 807 g/mol. The van der Waals surface area contributed by atoms with E-state index >= 15 is 0 Å². The topological polar surface area (TPSA) is 38.9 Å². The number of nitrogens with zero attached hydrogens (tertiary/aromatic N) is 5. The number of hydrogen-bond donors (Lipinski definition) is 0. The molecule has 7 rings (SSSR count). The molecular weight excluding hydrogens is 770 g/mol. The summed E-state index contributed by atoms with van der Waals surface area (Å²) in [4.78, 5) is 13.0. The van der Waals surface area contributed by atoms with Gasteiger partial charge in [0, 0.05) is 11.4 Å². The van der Waals surface area contributed by atoms with Crippen molar-refractivity contribution in [3.8, 4) is 33.9 Å². The minimum Gasteiger partial charge on any atom is -0.294 e. The molecule has 240 valence electrons. The summed E-state index contributed by atoms with van der Waals surface area (Å²) in [7, 11) is 0. The van der Waals surface area contributed by atoms with Gasteiger partial charge in [-0.1, -0.05) is 68.4 Å². The van der Waals surface area contributed by atoms with Gasteiger partial charge in [-0.05, 0) is 73.5 Å². The molecule has 0 aliphatic carbocycles. The summed E-state index contributed by atoms with van der Waals surface area (Å²) in [5.41, 5.74) is 11.4. The number of aromatic nitrogens is 4. The first-order valence-electron chi connectivity index (χ1n) is 16.1. The Balaban J connectivity index is 0.00000401. The van der Waals surface area contributed by atoms with Crippen LogP contribution in [-0.2, 0) is 21.1 Å². The van der Waals surface area contributed by atoms with Crippen LogP contribution in [0.1, 0.15) is 42.0 Å². The summed E-state index contributed by atoms with van der Waals surface area (Å²) < 4.78 is 4.45. The Morgan fingerprint density at radius 2 is 1.04 bits per heavy atom. The molecule has 2 aromatic heterocycles. The van der Waals surface area contributed by atoms with E-state index in [-0.39, 0.29) is 21.1 Å². The number of aryl methyl sites for hydroxylation is 3. The fraction of sp³-hybridized carbons (Fsp3) is 0.143. The van der Waals surface area contributed by atoms with Gasteiger partial charge >= 0.3 is 21.1 Å². The van der Waals surface area contributed by atoms with Gasteiger partial charge in [-0.3, -0.25) is 24.0 Å². The van der Waals surface area contributed by atoms with Crippen LogP contribution in [0.5, 0.6) is 0 Å². The van der Waals surface area contributed by atoms with E-state index in [4.69, 9.17) is 9.97 Å². The molecule has 0 atom stereocenters. The Morgan fingerprint density at radius 1 is 0.562 bits per heavy atom. The fourth-order valence-corrected chi connectivity index (χ4v) is 6.31. The number of para-hydroxylation sites is 3. The molecule has 0 bridgehead atoms. The number of anilines is 3. The predicted molar refractivity (Wildman–Crippen MR) is 192 cm³/mol. The monoisotopic (exact) mass is 806 g/mol. The first-order valence-corrected chi connectivity index (χ1v) is 16.1. The van der Waals surface area contributed by atoms with Crippen LogP contribution < -0.4 is 4.90 Å². The van der Waals surface area contributed by atoms with Gasteiger partial charge < -0.3 is 0 Å². The van der Waals surface area contributed by atoms with Crippen LogP contribution in [-0.4, -0.2) is 19.1 Å². The van der Waals surface area contributed by atoms with E-state index in [1.54, 1.807) is 0 Å². The van der Waals surface area contributed by atoms with Gasteiger partial charge in [0.1, 0.15) is 0 Å². The van der Waals surface area contributed by atoms with E-state index in [9.17, 15) is 0 Å². The first-order chi connectivity index (χ1) is 22.9. The summed E-state index contributed by atoms with van der Waals surface area (Å²) in [5, 5.41) is 0. The average Bonchev–Trinajstić information content (AvgIpc) is 3.72. The standard InChI is InChI=1S/C42H37N5.Pt/c1-29(2)36-26-16-19-32(5)40(36)46-28-38(34-22-11-7-12-23-34)44-42(46)47(35-24-13-8-14-25-35)41-43-37(33-20-9-6-10-21-33)27-45(41)39-30(3)17-15-18-31(39)4;/h6-20,22,24-29H,1-5H3;/q-2;+2. The molecule has 0 saturated heterocycles. The molecule has 0 amide bonds. The Kier molecular flexibility index (Phi) is 9.61. The fourth-order valence-electron chi connectivity index (χ4n) is 6.31. The van der Waals surface area contributed by atoms with Gasteiger partial charge in [0.05, 0.1) is 17.1 Å². The number of hydrogen-bond acceptors (Lipinski definition) is 3. The van der Waals surface area contributed by atoms with Crippen molar-refractivity contribution in [3.05, 3.63) is 162 Å². The van der Waals surface area contributed by atoms with E-state index in [1.807, 2.05) is 42.5 Å². The summed E-state index contributed by atoms with van der Waals surface area (Å²) in [5.74, 6) is 1.77. The molecule has 2 heterocycles. The van der Waals surface area contributed by atoms with Crippen molar-refractivity contribution >= 4 is 17.6 Å². The maximum Gasteiger partial charge on any atom is 2.00 e. The molecule has 48 heavy (non-hydrogen) atoms. The third-order valence-electron chi connectivity index (χ3n) is 8.57. The molecule has 0 aliphatic rings. The van der Waals surface area contributed by atoms with Gasteiger partial charge in [-0.2, -0.15) is 0 Å². The van der Waals surface area contributed by atoms with E-state index in [0.717, 1.165) is 62.6 Å². The normalized spacial score (nSPS) is 11.0. The summed E-state index contributed by atoms with van der Waals surface area (Å²) in [6, 6.07) is 46.2. The smallest absolute Gasteiger partial charge is 0.294 e. The second-order valence-corrected chi connectivity index (χ2v) is 12.2. The molecule has 6 heteroatoms. The van der Waals surface area contributed by atoms with Crippen LogP contribution in [0.3, 0.4) is 0 Å². The van der Waals surface area contributed by atoms with Gasteiger partial charge in [0.15, 0.2) is 0 Å². The van der Waals surface area contributed by atoms with Crippen LogP contribution in [0.25, 0.3) is 33.9 Å². The minimum atomic E-state index is 0. The third-order valence-corrected chi connectivity index (χ3v) is 8.57. The van der Waals surface area contributed by atoms with Crippen LogP contribution in [0.15, 0.2) is 128 Å². The summed E-state index contributed by atoms with van der Waals surface area (Å²) >= 11 is 0. The molecule has 0 unspecified atom stereocenters. The van der Waals surface area contributed by atoms with Crippen molar-refractivity contribution in [1.29, 1.82) is 0 Å². The Hall–Kier alpha value is -4.99. The van der Waals surface area contributed by atoms with Crippen molar-refractivity contribution in [3.63, 3.8) is 0 Å². The second-order valence-electron chi connectivity index (χ2n) is 12.2. The van der Waals surface area contributed by atoms with Gasteiger partial charge in [0.2, 0.25) is 11.9 Å². The van der Waals surface area contributed by atoms with Crippen LogP contribution >= 0.6 is 0 Å². The van der Waals surface area contributed by atoms with Gasteiger partial charge in [-0.15, -0.1) is 71.8 Å². The molecule has 5 aromatic carbocycles. The molecule has 0 saturated carbocycles. The molecular formula is C42H37N5Pt. The van der Waals surface area contributed by atoms with Gasteiger partial charge in [0.25, 0.3) is 0 Å². The van der Waals surface area contributed by atoms with Gasteiger partial charge in [-0.25, -0.2) is 0 Å². The maximum atomic E-state index is 5.41. The van der Waals surface area contributed by atoms with Crippen LogP contribution in [0, 0.1) is 32.9 Å². The van der Waals surface area contributed by atoms with E-state index in [1.165, 1.54) is 11.1 Å². The van der Waals surface area contributed by atoms with E-state index in [2.05, 4.69) is 146 Å². The van der Waals surface area contributed by atoms with Crippen molar-refractivity contribution in [1.82, 2.24) is 19.1 Å². The number of imidazole rings is 2. The van der Waals surface area contributed by atoms with Crippen molar-refractivity contribution in [2.75, 3.05) is 4.90 Å². The molecule has 7 aromatic rings. The van der Waals surface area contributed by atoms with Crippen molar-refractivity contribution in [2.45, 2.75) is 40.5 Å².